The zero-order valence-electron chi connectivity index (χ0n) is 15.6. The van der Waals surface area contributed by atoms with Gasteiger partial charge in [-0.1, -0.05) is 0 Å². The van der Waals surface area contributed by atoms with E-state index in [1.807, 2.05) is 32.6 Å². The van der Waals surface area contributed by atoms with Crippen LogP contribution >= 0.6 is 24.0 Å². The lowest BCUT2D eigenvalue weighted by atomic mass is 10.2. The van der Waals surface area contributed by atoms with Crippen LogP contribution in [0.15, 0.2) is 4.99 Å². The number of halogens is 1. The van der Waals surface area contributed by atoms with Gasteiger partial charge >= 0.3 is 6.09 Å². The van der Waals surface area contributed by atoms with Gasteiger partial charge < -0.3 is 25.0 Å². The molecule has 0 aromatic heterocycles. The number of carbonyl (C=O) groups is 1. The van der Waals surface area contributed by atoms with E-state index in [-0.39, 0.29) is 30.1 Å². The van der Waals surface area contributed by atoms with Gasteiger partial charge in [-0.3, -0.25) is 4.99 Å². The van der Waals surface area contributed by atoms with Gasteiger partial charge in [-0.15, -0.1) is 24.0 Å². The monoisotopic (exact) mass is 456 g/mol. The summed E-state index contributed by atoms with van der Waals surface area (Å²) in [5.41, 5.74) is -0.464. The molecule has 1 aliphatic carbocycles. The van der Waals surface area contributed by atoms with E-state index in [2.05, 4.69) is 15.6 Å². The average molecular weight is 456 g/mol. The molecule has 1 saturated carbocycles. The number of amides is 1. The Bertz CT molecular complexity index is 395. The molecule has 1 amide bonds. The van der Waals surface area contributed by atoms with Crippen molar-refractivity contribution in [2.45, 2.75) is 52.2 Å². The summed E-state index contributed by atoms with van der Waals surface area (Å²) in [4.78, 5) is 18.5. The van der Waals surface area contributed by atoms with Crippen molar-refractivity contribution in [2.75, 3.05) is 39.9 Å². The summed E-state index contributed by atoms with van der Waals surface area (Å²) in [6.45, 7) is 10.9. The highest BCUT2D eigenvalue weighted by atomic mass is 127. The first-order valence-electron chi connectivity index (χ1n) is 8.38. The minimum absolute atomic E-state index is 0. The van der Waals surface area contributed by atoms with Crippen LogP contribution in [-0.2, 0) is 9.47 Å². The van der Waals surface area contributed by atoms with Crippen LogP contribution in [0.25, 0.3) is 0 Å². The molecule has 0 atom stereocenters. The second-order valence-corrected chi connectivity index (χ2v) is 6.59. The Hall–Kier alpha value is -0.770. The number of hydrogen-bond acceptors (Lipinski definition) is 4. The maximum absolute atomic E-state index is 12.3. The van der Waals surface area contributed by atoms with E-state index in [4.69, 9.17) is 9.47 Å². The molecule has 7 nitrogen and oxygen atoms in total. The predicted molar refractivity (Wildman–Crippen MR) is 107 cm³/mol. The van der Waals surface area contributed by atoms with E-state index >= 15 is 0 Å². The van der Waals surface area contributed by atoms with Gasteiger partial charge in [0.1, 0.15) is 5.60 Å². The van der Waals surface area contributed by atoms with Gasteiger partial charge in [-0.2, -0.15) is 0 Å². The topological polar surface area (TPSA) is 75.2 Å². The first kappa shape index (κ1) is 23.2. The molecule has 8 heteroatoms. The summed E-state index contributed by atoms with van der Waals surface area (Å²) >= 11 is 0. The maximum Gasteiger partial charge on any atom is 0.410 e. The zero-order valence-corrected chi connectivity index (χ0v) is 17.9. The summed E-state index contributed by atoms with van der Waals surface area (Å²) in [6.07, 6.45) is 1.88. The van der Waals surface area contributed by atoms with E-state index < -0.39 is 5.60 Å². The lowest BCUT2D eigenvalue weighted by molar-refractivity contribution is 0.0238. The molecule has 0 saturated heterocycles. The van der Waals surface area contributed by atoms with Crippen LogP contribution in [0.4, 0.5) is 4.79 Å². The number of nitrogens with one attached hydrogen (secondary N) is 2. The van der Waals surface area contributed by atoms with E-state index in [0.29, 0.717) is 32.3 Å². The number of ether oxygens (including phenoxy) is 2. The van der Waals surface area contributed by atoms with Crippen molar-refractivity contribution < 1.29 is 14.3 Å². The molecule has 0 spiro atoms. The molecule has 1 aliphatic rings. The molecule has 0 radical (unpaired) electrons. The standard InChI is InChI=1S/C16H32N4O3.HI/c1-6-17-14(19-10-12-22-5)18-9-11-20(13-7-8-13)15(21)23-16(2,3)4;/h13H,6-12H2,1-5H3,(H2,17,18,19);1H. The highest BCUT2D eigenvalue weighted by Crippen LogP contribution is 2.27. The quantitative estimate of drug-likeness (QED) is 0.254. The number of carbonyl (C=O) groups excluding carboxylic acids is 1. The molecule has 1 fully saturated rings. The van der Waals surface area contributed by atoms with Crippen LogP contribution in [0.2, 0.25) is 0 Å². The normalized spacial score (nSPS) is 14.6. The molecular formula is C16H33IN4O3. The van der Waals surface area contributed by atoms with Crippen molar-refractivity contribution in [1.29, 1.82) is 0 Å². The minimum atomic E-state index is -0.464. The van der Waals surface area contributed by atoms with Crippen molar-refractivity contribution in [3.05, 3.63) is 0 Å². The van der Waals surface area contributed by atoms with Gasteiger partial charge in [0.2, 0.25) is 0 Å². The fraction of sp³-hybridized carbons (Fsp3) is 0.875. The minimum Gasteiger partial charge on any atom is -0.444 e. The Balaban J connectivity index is 0.00000529. The summed E-state index contributed by atoms with van der Waals surface area (Å²) in [6, 6.07) is 0.319. The lowest BCUT2D eigenvalue weighted by Crippen LogP contribution is -2.45. The first-order valence-corrected chi connectivity index (χ1v) is 8.38. The highest BCUT2D eigenvalue weighted by molar-refractivity contribution is 14.0. The molecule has 1 rings (SSSR count). The summed E-state index contributed by atoms with van der Waals surface area (Å²) in [5.74, 6) is 0.740. The van der Waals surface area contributed by atoms with E-state index in [1.54, 1.807) is 7.11 Å². The highest BCUT2D eigenvalue weighted by Gasteiger charge is 2.34. The zero-order chi connectivity index (χ0) is 17.3. The lowest BCUT2D eigenvalue weighted by Gasteiger charge is -2.27. The number of aliphatic imine (C=N–C) groups is 1. The average Bonchev–Trinajstić information content (AvgIpc) is 3.26. The third kappa shape index (κ3) is 10.2. The Labute approximate surface area is 162 Å². The van der Waals surface area contributed by atoms with Crippen LogP contribution in [0.1, 0.15) is 40.5 Å². The molecule has 0 bridgehead atoms. The Kier molecular flexibility index (Phi) is 11.4. The summed E-state index contributed by atoms with van der Waals surface area (Å²) < 4.78 is 10.5. The third-order valence-electron chi connectivity index (χ3n) is 3.17. The number of rotatable bonds is 8. The molecule has 0 heterocycles. The number of hydrogen-bond donors (Lipinski definition) is 2. The molecular weight excluding hydrogens is 423 g/mol. The van der Waals surface area contributed by atoms with E-state index in [9.17, 15) is 4.79 Å². The molecule has 0 unspecified atom stereocenters. The second-order valence-electron chi connectivity index (χ2n) is 6.59. The van der Waals surface area contributed by atoms with Crippen LogP contribution in [-0.4, -0.2) is 68.5 Å². The molecule has 142 valence electrons. The Morgan fingerprint density at radius 2 is 1.96 bits per heavy atom. The van der Waals surface area contributed by atoms with Gasteiger partial charge in [0.05, 0.1) is 13.2 Å². The second kappa shape index (κ2) is 11.7. The van der Waals surface area contributed by atoms with Crippen molar-refractivity contribution in [2.24, 2.45) is 4.99 Å². The Morgan fingerprint density at radius 1 is 1.29 bits per heavy atom. The van der Waals surface area contributed by atoms with Gasteiger partial charge in [0, 0.05) is 32.8 Å². The summed E-state index contributed by atoms with van der Waals surface area (Å²) in [5, 5.41) is 6.42. The fourth-order valence-electron chi connectivity index (χ4n) is 2.01. The van der Waals surface area contributed by atoms with E-state index in [0.717, 1.165) is 25.3 Å². The van der Waals surface area contributed by atoms with Gasteiger partial charge in [-0.05, 0) is 40.5 Å². The molecule has 0 aromatic rings. The third-order valence-corrected chi connectivity index (χ3v) is 3.17. The van der Waals surface area contributed by atoms with Crippen LogP contribution < -0.4 is 10.6 Å². The molecule has 2 N–H and O–H groups in total. The molecule has 24 heavy (non-hydrogen) atoms. The SMILES string of the molecule is CCNC(=NCCOC)NCCN(C(=O)OC(C)(C)C)C1CC1.I. The van der Waals surface area contributed by atoms with Gasteiger partial charge in [-0.25, -0.2) is 4.79 Å². The van der Waals surface area contributed by atoms with Crippen LogP contribution in [0, 0.1) is 0 Å². The smallest absolute Gasteiger partial charge is 0.410 e. The van der Waals surface area contributed by atoms with Crippen LogP contribution in [0.3, 0.4) is 0 Å². The summed E-state index contributed by atoms with van der Waals surface area (Å²) in [7, 11) is 1.66. The van der Waals surface area contributed by atoms with Crippen molar-refractivity contribution in [1.82, 2.24) is 15.5 Å². The number of guanidine groups is 1. The number of nitrogens with zero attached hydrogens (tertiary/aromatic N) is 2. The largest absolute Gasteiger partial charge is 0.444 e. The van der Waals surface area contributed by atoms with E-state index in [1.165, 1.54) is 0 Å². The predicted octanol–water partition coefficient (Wildman–Crippen LogP) is 2.21. The maximum atomic E-state index is 12.3. The van der Waals surface area contributed by atoms with Crippen molar-refractivity contribution in [3.8, 4) is 0 Å². The van der Waals surface area contributed by atoms with Crippen molar-refractivity contribution >= 4 is 36.0 Å². The number of methoxy groups -OCH3 is 1. The Morgan fingerprint density at radius 3 is 2.46 bits per heavy atom. The van der Waals surface area contributed by atoms with Crippen molar-refractivity contribution in [3.63, 3.8) is 0 Å². The first-order chi connectivity index (χ1) is 10.9. The fourth-order valence-corrected chi connectivity index (χ4v) is 2.01. The molecule has 0 aliphatic heterocycles. The van der Waals surface area contributed by atoms with Gasteiger partial charge in [0.25, 0.3) is 0 Å². The van der Waals surface area contributed by atoms with Gasteiger partial charge in [0.15, 0.2) is 5.96 Å². The molecule has 0 aromatic carbocycles. The van der Waals surface area contributed by atoms with Crippen LogP contribution in [0.5, 0.6) is 0 Å².